The Bertz CT molecular complexity index is 484. The lowest BCUT2D eigenvalue weighted by Gasteiger charge is -2.19. The average Bonchev–Trinajstić information content (AvgIpc) is 2.27. The van der Waals surface area contributed by atoms with Gasteiger partial charge >= 0.3 is 0 Å². The fourth-order valence-electron chi connectivity index (χ4n) is 1.62. The van der Waals surface area contributed by atoms with Gasteiger partial charge in [0.15, 0.2) is 0 Å². The lowest BCUT2D eigenvalue weighted by Crippen LogP contribution is -2.27. The molecule has 1 atom stereocenters. The van der Waals surface area contributed by atoms with Crippen molar-refractivity contribution in [2.75, 3.05) is 18.5 Å². The highest BCUT2D eigenvalue weighted by Gasteiger charge is 2.06. The second kappa shape index (κ2) is 4.45. The predicted molar refractivity (Wildman–Crippen MR) is 64.5 cm³/mol. The zero-order chi connectivity index (χ0) is 11.5. The minimum Gasteiger partial charge on any atom is -0.392 e. The Morgan fingerprint density at radius 1 is 1.31 bits per heavy atom. The maximum Gasteiger partial charge on any atom is 0.147 e. The molecule has 4 nitrogen and oxygen atoms in total. The van der Waals surface area contributed by atoms with Crippen LogP contribution < -0.4 is 4.90 Å². The molecule has 0 saturated heterocycles. The van der Waals surface area contributed by atoms with Gasteiger partial charge in [0.05, 0.1) is 23.3 Å². The Morgan fingerprint density at radius 2 is 2.00 bits per heavy atom. The van der Waals surface area contributed by atoms with Crippen LogP contribution in [0, 0.1) is 0 Å². The van der Waals surface area contributed by atoms with Crippen molar-refractivity contribution in [3.05, 3.63) is 30.5 Å². The summed E-state index contributed by atoms with van der Waals surface area (Å²) in [6.45, 7) is 2.30. The zero-order valence-electron chi connectivity index (χ0n) is 9.46. The Morgan fingerprint density at radius 3 is 2.69 bits per heavy atom. The van der Waals surface area contributed by atoms with E-state index in [1.54, 1.807) is 13.1 Å². The molecule has 0 unspecified atom stereocenters. The molecule has 4 heteroatoms. The Kier molecular flexibility index (Phi) is 3.01. The van der Waals surface area contributed by atoms with E-state index >= 15 is 0 Å². The van der Waals surface area contributed by atoms with E-state index < -0.39 is 0 Å². The van der Waals surface area contributed by atoms with E-state index in [4.69, 9.17) is 0 Å². The number of para-hydroxylation sites is 2. The minimum absolute atomic E-state index is 0.377. The molecule has 2 rings (SSSR count). The van der Waals surface area contributed by atoms with Crippen molar-refractivity contribution in [1.82, 2.24) is 9.97 Å². The summed E-state index contributed by atoms with van der Waals surface area (Å²) in [5, 5.41) is 9.31. The van der Waals surface area contributed by atoms with E-state index in [2.05, 4.69) is 9.97 Å². The molecular formula is C12H15N3O. The predicted octanol–water partition coefficient (Wildman–Crippen LogP) is 1.45. The molecule has 16 heavy (non-hydrogen) atoms. The number of likely N-dealkylation sites (N-methyl/N-ethyl adjacent to an activating group) is 1. The number of anilines is 1. The van der Waals surface area contributed by atoms with E-state index in [0.29, 0.717) is 6.54 Å². The van der Waals surface area contributed by atoms with Crippen LogP contribution in [-0.2, 0) is 0 Å². The second-order valence-corrected chi connectivity index (χ2v) is 3.95. The highest BCUT2D eigenvalue weighted by molar-refractivity contribution is 5.75. The number of aliphatic hydroxyl groups excluding tert-OH is 1. The number of benzene rings is 1. The Balaban J connectivity index is 2.32. The summed E-state index contributed by atoms with van der Waals surface area (Å²) in [5.41, 5.74) is 1.76. The lowest BCUT2D eigenvalue weighted by atomic mass is 10.3. The van der Waals surface area contributed by atoms with Crippen LogP contribution in [0.5, 0.6) is 0 Å². The molecular weight excluding hydrogens is 202 g/mol. The maximum absolute atomic E-state index is 9.31. The first-order valence-electron chi connectivity index (χ1n) is 5.28. The Hall–Kier alpha value is -1.68. The summed E-state index contributed by atoms with van der Waals surface area (Å²) in [6, 6.07) is 7.74. The van der Waals surface area contributed by atoms with Gasteiger partial charge < -0.3 is 10.0 Å². The van der Waals surface area contributed by atoms with E-state index in [0.717, 1.165) is 16.9 Å². The summed E-state index contributed by atoms with van der Waals surface area (Å²) < 4.78 is 0. The number of aromatic nitrogens is 2. The van der Waals surface area contributed by atoms with E-state index in [1.807, 2.05) is 36.2 Å². The molecule has 0 aliphatic heterocycles. The molecule has 1 N–H and O–H groups in total. The van der Waals surface area contributed by atoms with Crippen molar-refractivity contribution in [3.8, 4) is 0 Å². The minimum atomic E-state index is -0.377. The molecule has 84 valence electrons. The summed E-state index contributed by atoms with van der Waals surface area (Å²) in [4.78, 5) is 10.7. The third-order valence-corrected chi connectivity index (χ3v) is 2.37. The quantitative estimate of drug-likeness (QED) is 0.845. The molecule has 0 amide bonds. The topological polar surface area (TPSA) is 49.2 Å². The number of hydrogen-bond acceptors (Lipinski definition) is 4. The van der Waals surface area contributed by atoms with Crippen LogP contribution >= 0.6 is 0 Å². The van der Waals surface area contributed by atoms with Gasteiger partial charge in [-0.3, -0.25) is 4.98 Å². The smallest absolute Gasteiger partial charge is 0.147 e. The zero-order valence-corrected chi connectivity index (χ0v) is 9.46. The van der Waals surface area contributed by atoms with E-state index in [1.165, 1.54) is 0 Å². The van der Waals surface area contributed by atoms with Gasteiger partial charge in [0.2, 0.25) is 0 Å². The molecule has 2 aromatic rings. The van der Waals surface area contributed by atoms with Gasteiger partial charge in [-0.25, -0.2) is 4.98 Å². The van der Waals surface area contributed by atoms with Gasteiger partial charge in [0.25, 0.3) is 0 Å². The number of nitrogens with zero attached hydrogens (tertiary/aromatic N) is 3. The van der Waals surface area contributed by atoms with Crippen LogP contribution in [0.1, 0.15) is 6.92 Å². The number of hydrogen-bond donors (Lipinski definition) is 1. The molecule has 0 saturated carbocycles. The monoisotopic (exact) mass is 217 g/mol. The first-order chi connectivity index (χ1) is 7.66. The highest BCUT2D eigenvalue weighted by Crippen LogP contribution is 2.14. The lowest BCUT2D eigenvalue weighted by molar-refractivity contribution is 0.201. The molecule has 1 aromatic heterocycles. The second-order valence-electron chi connectivity index (χ2n) is 3.95. The first-order valence-corrected chi connectivity index (χ1v) is 5.28. The average molecular weight is 217 g/mol. The Labute approximate surface area is 94.6 Å². The van der Waals surface area contributed by atoms with Crippen LogP contribution in [0.25, 0.3) is 11.0 Å². The molecule has 0 bridgehead atoms. The van der Waals surface area contributed by atoms with Crippen LogP contribution in [0.3, 0.4) is 0 Å². The van der Waals surface area contributed by atoms with Crippen molar-refractivity contribution < 1.29 is 5.11 Å². The molecule has 1 heterocycles. The maximum atomic E-state index is 9.31. The van der Waals surface area contributed by atoms with Crippen LogP contribution in [0.15, 0.2) is 30.5 Å². The molecule has 0 radical (unpaired) electrons. The molecule has 0 aliphatic carbocycles. The largest absolute Gasteiger partial charge is 0.392 e. The van der Waals surface area contributed by atoms with Crippen molar-refractivity contribution in [2.45, 2.75) is 13.0 Å². The number of fused-ring (bicyclic) bond motifs is 1. The standard InChI is InChI=1S/C12H15N3O/c1-9(16)8-15(2)12-7-13-10-5-3-4-6-11(10)14-12/h3-7,9,16H,8H2,1-2H3/t9-/m0/s1. The highest BCUT2D eigenvalue weighted by atomic mass is 16.3. The van der Waals surface area contributed by atoms with Gasteiger partial charge in [0.1, 0.15) is 5.82 Å². The van der Waals surface area contributed by atoms with Gasteiger partial charge in [-0.1, -0.05) is 12.1 Å². The fraction of sp³-hybridized carbons (Fsp3) is 0.333. The summed E-state index contributed by atoms with van der Waals surface area (Å²) >= 11 is 0. The van der Waals surface area contributed by atoms with Crippen LogP contribution in [0.2, 0.25) is 0 Å². The van der Waals surface area contributed by atoms with Gasteiger partial charge in [-0.05, 0) is 19.1 Å². The normalized spacial score (nSPS) is 12.7. The van der Waals surface area contributed by atoms with E-state index in [-0.39, 0.29) is 6.10 Å². The molecule has 0 aliphatic rings. The van der Waals surface area contributed by atoms with Gasteiger partial charge in [-0.2, -0.15) is 0 Å². The van der Waals surface area contributed by atoms with Crippen LogP contribution in [-0.4, -0.2) is 34.8 Å². The summed E-state index contributed by atoms with van der Waals surface area (Å²) in [6.07, 6.45) is 1.35. The van der Waals surface area contributed by atoms with Crippen molar-refractivity contribution >= 4 is 16.9 Å². The number of rotatable bonds is 3. The third kappa shape index (κ3) is 2.28. The fourth-order valence-corrected chi connectivity index (χ4v) is 1.62. The molecule has 0 fully saturated rings. The molecule has 0 spiro atoms. The molecule has 1 aromatic carbocycles. The number of aliphatic hydroxyl groups is 1. The third-order valence-electron chi connectivity index (χ3n) is 2.37. The van der Waals surface area contributed by atoms with Crippen molar-refractivity contribution in [2.24, 2.45) is 0 Å². The van der Waals surface area contributed by atoms with E-state index in [9.17, 15) is 5.11 Å². The summed E-state index contributed by atoms with van der Waals surface area (Å²) in [5.74, 6) is 0.777. The van der Waals surface area contributed by atoms with Gasteiger partial charge in [0, 0.05) is 13.6 Å². The van der Waals surface area contributed by atoms with Crippen molar-refractivity contribution in [1.29, 1.82) is 0 Å². The SMILES string of the molecule is C[C@H](O)CN(C)c1cnc2ccccc2n1. The van der Waals surface area contributed by atoms with Gasteiger partial charge in [-0.15, -0.1) is 0 Å². The summed E-state index contributed by atoms with van der Waals surface area (Å²) in [7, 11) is 1.89. The first kappa shape index (κ1) is 10.8. The van der Waals surface area contributed by atoms with Crippen LogP contribution in [0.4, 0.5) is 5.82 Å². The van der Waals surface area contributed by atoms with Crippen molar-refractivity contribution in [3.63, 3.8) is 0 Å².